The fourth-order valence-electron chi connectivity index (χ4n) is 3.45. The maximum Gasteiger partial charge on any atom is 0.235 e. The summed E-state index contributed by atoms with van der Waals surface area (Å²) in [4.78, 5) is 28.2. The fraction of sp³-hybridized carbons (Fsp3) is 0.158. The Balaban J connectivity index is 1.71. The number of aromatic amines is 1. The summed E-state index contributed by atoms with van der Waals surface area (Å²) < 4.78 is 1.63. The highest BCUT2D eigenvalue weighted by Crippen LogP contribution is 2.43. The fourth-order valence-corrected chi connectivity index (χ4v) is 4.63. The van der Waals surface area contributed by atoms with Crippen LogP contribution in [0.25, 0.3) is 17.0 Å². The Morgan fingerprint density at radius 3 is 2.86 bits per heavy atom. The van der Waals surface area contributed by atoms with Gasteiger partial charge in [-0.2, -0.15) is 15.0 Å². The normalized spacial score (nSPS) is 16.1. The molecule has 3 aromatic heterocycles. The summed E-state index contributed by atoms with van der Waals surface area (Å²) in [5.41, 5.74) is 4.46. The average Bonchev–Trinajstić information content (AvgIpc) is 3.29. The Hall–Kier alpha value is -3.71. The van der Waals surface area contributed by atoms with Gasteiger partial charge in [-0.1, -0.05) is 12.1 Å². The number of imidazole rings is 1. The van der Waals surface area contributed by atoms with Crippen LogP contribution in [-0.4, -0.2) is 41.4 Å². The summed E-state index contributed by atoms with van der Waals surface area (Å²) in [6, 6.07) is 9.55. The Kier molecular flexibility index (Phi) is 4.03. The molecule has 5 rings (SSSR count). The second-order valence-electron chi connectivity index (χ2n) is 6.53. The topological polar surface area (TPSA) is 125 Å². The van der Waals surface area contributed by atoms with Crippen LogP contribution in [0.3, 0.4) is 0 Å². The zero-order valence-corrected chi connectivity index (χ0v) is 16.1. The molecule has 4 heterocycles. The Bertz CT molecular complexity index is 1280. The first-order chi connectivity index (χ1) is 14.2. The van der Waals surface area contributed by atoms with Crippen LogP contribution >= 0.6 is 11.8 Å². The quantitative estimate of drug-likeness (QED) is 0.528. The summed E-state index contributed by atoms with van der Waals surface area (Å²) in [6.07, 6.45) is 2.97. The molecule has 142 valence electrons. The summed E-state index contributed by atoms with van der Waals surface area (Å²) in [7, 11) is 0. The van der Waals surface area contributed by atoms with Crippen LogP contribution < -0.4 is 5.32 Å². The number of amides is 1. The largest absolute Gasteiger partial charge is 0.340 e. The molecule has 9 nitrogen and oxygen atoms in total. The van der Waals surface area contributed by atoms with Gasteiger partial charge in [0.25, 0.3) is 0 Å². The molecule has 1 aliphatic heterocycles. The Morgan fingerprint density at radius 1 is 1.24 bits per heavy atom. The summed E-state index contributed by atoms with van der Waals surface area (Å²) in [5, 5.41) is 16.6. The number of benzene rings is 1. The lowest BCUT2D eigenvalue weighted by Gasteiger charge is -2.15. The number of hydrogen-bond acceptors (Lipinski definition) is 7. The molecule has 1 aliphatic rings. The van der Waals surface area contributed by atoms with E-state index in [-0.39, 0.29) is 11.2 Å². The van der Waals surface area contributed by atoms with E-state index in [1.54, 1.807) is 23.1 Å². The molecule has 0 radical (unpaired) electrons. The number of nitrogens with one attached hydrogen (secondary N) is 2. The van der Waals surface area contributed by atoms with Crippen molar-refractivity contribution in [3.8, 4) is 11.9 Å². The zero-order chi connectivity index (χ0) is 20.0. The van der Waals surface area contributed by atoms with Gasteiger partial charge in [-0.3, -0.25) is 4.79 Å². The van der Waals surface area contributed by atoms with E-state index in [1.165, 1.54) is 18.1 Å². The van der Waals surface area contributed by atoms with Crippen molar-refractivity contribution < 1.29 is 4.79 Å². The van der Waals surface area contributed by atoms with Crippen LogP contribution in [0.2, 0.25) is 0 Å². The van der Waals surface area contributed by atoms with Gasteiger partial charge < -0.3 is 10.3 Å². The van der Waals surface area contributed by atoms with Gasteiger partial charge in [-0.05, 0) is 24.6 Å². The lowest BCUT2D eigenvalue weighted by atomic mass is 10.0. The second-order valence-corrected chi connectivity index (χ2v) is 7.62. The van der Waals surface area contributed by atoms with Crippen LogP contribution in [0.5, 0.6) is 0 Å². The second kappa shape index (κ2) is 6.72. The first-order valence-corrected chi connectivity index (χ1v) is 9.86. The van der Waals surface area contributed by atoms with Gasteiger partial charge in [0.1, 0.15) is 17.7 Å². The molecule has 0 spiro atoms. The van der Waals surface area contributed by atoms with E-state index >= 15 is 0 Å². The molecule has 4 aromatic rings. The van der Waals surface area contributed by atoms with Crippen LogP contribution in [0, 0.1) is 18.3 Å². The first kappa shape index (κ1) is 17.4. The average molecular weight is 402 g/mol. The van der Waals surface area contributed by atoms with E-state index in [4.69, 9.17) is 5.26 Å². The minimum absolute atomic E-state index is 0.107. The molecule has 2 N–H and O–H groups in total. The minimum Gasteiger partial charge on any atom is -0.340 e. The molecular weight excluding hydrogens is 388 g/mol. The molecule has 1 aromatic carbocycles. The van der Waals surface area contributed by atoms with Gasteiger partial charge in [0.15, 0.2) is 11.5 Å². The molecule has 10 heteroatoms. The number of aryl methyl sites for hydroxylation is 1. The molecule has 1 amide bonds. The number of aromatic nitrogens is 6. The number of rotatable bonds is 2. The third-order valence-electron chi connectivity index (χ3n) is 4.75. The van der Waals surface area contributed by atoms with Crippen LogP contribution in [-0.2, 0) is 4.79 Å². The smallest absolute Gasteiger partial charge is 0.235 e. The summed E-state index contributed by atoms with van der Waals surface area (Å²) in [5.74, 6) is 1.30. The highest BCUT2D eigenvalue weighted by Gasteiger charge is 2.31. The van der Waals surface area contributed by atoms with Gasteiger partial charge in [-0.15, -0.1) is 11.8 Å². The zero-order valence-electron chi connectivity index (χ0n) is 15.2. The van der Waals surface area contributed by atoms with E-state index in [9.17, 15) is 4.79 Å². The number of nitrogens with zero attached hydrogens (tertiary/aromatic N) is 6. The first-order valence-electron chi connectivity index (χ1n) is 8.81. The van der Waals surface area contributed by atoms with Gasteiger partial charge in [0.05, 0.1) is 34.7 Å². The molecule has 0 aliphatic carbocycles. The van der Waals surface area contributed by atoms with Crippen molar-refractivity contribution in [3.05, 3.63) is 59.3 Å². The standard InChI is InChI=1S/C19H14N8OS/c1-10-14-16(12-4-2-11(6-20)3-5-12)29-7-13(28)25-18(14)27(26-10)19-15-17(22-8-21-15)23-9-24-19/h2-5,8-9,16H,7H2,1H3,(H,25,28)(H,21,22,23,24)/t16-/m0/s1. The van der Waals surface area contributed by atoms with E-state index in [1.807, 2.05) is 19.1 Å². The number of thioether (sulfide) groups is 1. The number of carbonyl (C=O) groups excluding carboxylic acids is 1. The molecule has 0 unspecified atom stereocenters. The number of anilines is 1. The number of hydrogen-bond donors (Lipinski definition) is 2. The molecule has 29 heavy (non-hydrogen) atoms. The maximum absolute atomic E-state index is 12.5. The van der Waals surface area contributed by atoms with Gasteiger partial charge >= 0.3 is 0 Å². The van der Waals surface area contributed by atoms with Gasteiger partial charge in [0, 0.05) is 5.56 Å². The van der Waals surface area contributed by atoms with Crippen LogP contribution in [0.1, 0.15) is 27.6 Å². The van der Waals surface area contributed by atoms with Crippen molar-refractivity contribution in [2.45, 2.75) is 12.2 Å². The lowest BCUT2D eigenvalue weighted by molar-refractivity contribution is -0.113. The highest BCUT2D eigenvalue weighted by molar-refractivity contribution is 8.00. The van der Waals surface area contributed by atoms with Crippen molar-refractivity contribution in [1.29, 1.82) is 5.26 Å². The van der Waals surface area contributed by atoms with E-state index in [0.29, 0.717) is 34.1 Å². The molecule has 0 bridgehead atoms. The van der Waals surface area contributed by atoms with Crippen molar-refractivity contribution in [2.75, 3.05) is 11.1 Å². The third-order valence-corrected chi connectivity index (χ3v) is 6.02. The van der Waals surface area contributed by atoms with E-state index in [0.717, 1.165) is 16.8 Å². The lowest BCUT2D eigenvalue weighted by Crippen LogP contribution is -2.16. The highest BCUT2D eigenvalue weighted by atomic mass is 32.2. The van der Waals surface area contributed by atoms with Gasteiger partial charge in [-0.25, -0.2) is 15.0 Å². The van der Waals surface area contributed by atoms with Crippen molar-refractivity contribution in [3.63, 3.8) is 0 Å². The summed E-state index contributed by atoms with van der Waals surface area (Å²) >= 11 is 1.53. The number of nitriles is 1. The van der Waals surface area contributed by atoms with E-state index < -0.39 is 0 Å². The molecule has 0 saturated carbocycles. The van der Waals surface area contributed by atoms with Gasteiger partial charge in [0.2, 0.25) is 5.91 Å². The van der Waals surface area contributed by atoms with Crippen molar-refractivity contribution in [1.82, 2.24) is 29.7 Å². The Morgan fingerprint density at radius 2 is 2.07 bits per heavy atom. The molecular formula is C19H14N8OS. The predicted octanol–water partition coefficient (Wildman–Crippen LogP) is 2.49. The van der Waals surface area contributed by atoms with Crippen molar-refractivity contribution >= 4 is 34.7 Å². The number of H-pyrrole nitrogens is 1. The molecule has 1 atom stereocenters. The Labute approximate surface area is 169 Å². The molecule has 0 saturated heterocycles. The SMILES string of the molecule is Cc1nn(-c2ncnc3nc[nH]c23)c2c1[C@H](c1ccc(C#N)cc1)SCC(=O)N2. The predicted molar refractivity (Wildman–Crippen MR) is 108 cm³/mol. The number of carbonyl (C=O) groups is 1. The summed E-state index contributed by atoms with van der Waals surface area (Å²) in [6.45, 7) is 1.91. The monoisotopic (exact) mass is 402 g/mol. The van der Waals surface area contributed by atoms with E-state index in [2.05, 4.69) is 36.4 Å². The molecule has 0 fully saturated rings. The van der Waals surface area contributed by atoms with Crippen LogP contribution in [0.4, 0.5) is 5.82 Å². The van der Waals surface area contributed by atoms with Crippen LogP contribution in [0.15, 0.2) is 36.9 Å². The number of fused-ring (bicyclic) bond motifs is 2. The maximum atomic E-state index is 12.5. The van der Waals surface area contributed by atoms with Crippen molar-refractivity contribution in [2.24, 2.45) is 0 Å². The third kappa shape index (κ3) is 2.83. The minimum atomic E-state index is -0.108.